The van der Waals surface area contributed by atoms with Gasteiger partial charge in [0.05, 0.1) is 24.5 Å². The maximum atomic E-state index is 12.5. The first kappa shape index (κ1) is 22.3. The summed E-state index contributed by atoms with van der Waals surface area (Å²) in [6.45, 7) is 5.43. The summed E-state index contributed by atoms with van der Waals surface area (Å²) in [6.07, 6.45) is 2.24. The van der Waals surface area contributed by atoms with Crippen LogP contribution in [-0.4, -0.2) is 51.6 Å². The molecule has 1 fully saturated rings. The topological polar surface area (TPSA) is 112 Å². The van der Waals surface area contributed by atoms with Gasteiger partial charge in [-0.2, -0.15) is 0 Å². The monoisotopic (exact) mass is 452 g/mol. The molecule has 1 amide bonds. The second-order valence-electron chi connectivity index (χ2n) is 6.71. The first-order valence-electron chi connectivity index (χ1n) is 9.66. The zero-order valence-electron chi connectivity index (χ0n) is 17.3. The molecular formula is C19H24N4O5S2. The molecule has 0 spiro atoms. The Kier molecular flexibility index (Phi) is 7.14. The second kappa shape index (κ2) is 9.61. The summed E-state index contributed by atoms with van der Waals surface area (Å²) in [6, 6.07) is 0. The summed E-state index contributed by atoms with van der Waals surface area (Å²) < 4.78 is 12.1. The van der Waals surface area contributed by atoms with Crippen LogP contribution in [0.4, 0.5) is 5.00 Å². The number of rotatable bonds is 9. The fourth-order valence-electron chi connectivity index (χ4n) is 2.88. The van der Waals surface area contributed by atoms with E-state index in [0.29, 0.717) is 16.6 Å². The fourth-order valence-corrected chi connectivity index (χ4v) is 4.71. The van der Waals surface area contributed by atoms with E-state index in [1.54, 1.807) is 20.8 Å². The number of hydrogen-bond donors (Lipinski definition) is 1. The number of carbonyl (C=O) groups is 3. The predicted molar refractivity (Wildman–Crippen MR) is 113 cm³/mol. The van der Waals surface area contributed by atoms with Gasteiger partial charge in [0.25, 0.3) is 0 Å². The Morgan fingerprint density at radius 3 is 2.47 bits per heavy atom. The van der Waals surface area contributed by atoms with E-state index < -0.39 is 11.9 Å². The van der Waals surface area contributed by atoms with Crippen LogP contribution in [0.1, 0.15) is 64.0 Å². The summed E-state index contributed by atoms with van der Waals surface area (Å²) in [7, 11) is 1.89. The molecule has 3 rings (SSSR count). The number of nitrogens with one attached hydrogen (secondary N) is 1. The number of anilines is 1. The van der Waals surface area contributed by atoms with E-state index in [2.05, 4.69) is 15.5 Å². The number of esters is 2. The standard InChI is InChI=1S/C19H24N4O5S2/c1-5-27-17(25)13-10(3)14(18(26)28-6-2)30-16(13)20-12(24)9-29-19-22-21-15(23(19)4)11-7-8-11/h11H,5-9H2,1-4H3,(H,20,24). The highest BCUT2D eigenvalue weighted by Gasteiger charge is 2.30. The zero-order valence-corrected chi connectivity index (χ0v) is 18.9. The largest absolute Gasteiger partial charge is 0.462 e. The third-order valence-electron chi connectivity index (χ3n) is 4.48. The van der Waals surface area contributed by atoms with Crippen LogP contribution >= 0.6 is 23.1 Å². The number of aromatic nitrogens is 3. The number of nitrogens with zero attached hydrogens (tertiary/aromatic N) is 3. The average molecular weight is 453 g/mol. The molecule has 162 valence electrons. The number of carbonyl (C=O) groups excluding carboxylic acids is 3. The molecule has 30 heavy (non-hydrogen) atoms. The molecule has 2 aromatic rings. The Bertz CT molecular complexity index is 965. The quantitative estimate of drug-likeness (QED) is 0.456. The number of thioether (sulfide) groups is 1. The van der Waals surface area contributed by atoms with Crippen LogP contribution in [-0.2, 0) is 21.3 Å². The Balaban J connectivity index is 1.73. The molecule has 2 heterocycles. The van der Waals surface area contributed by atoms with E-state index in [-0.39, 0.29) is 40.3 Å². The smallest absolute Gasteiger partial charge is 0.348 e. The summed E-state index contributed by atoms with van der Waals surface area (Å²) in [4.78, 5) is 37.4. The van der Waals surface area contributed by atoms with Crippen LogP contribution in [0.25, 0.3) is 0 Å². The predicted octanol–water partition coefficient (Wildman–Crippen LogP) is 3.15. The van der Waals surface area contributed by atoms with Crippen LogP contribution in [0.5, 0.6) is 0 Å². The summed E-state index contributed by atoms with van der Waals surface area (Å²) in [5.41, 5.74) is 0.611. The van der Waals surface area contributed by atoms with Crippen molar-refractivity contribution in [2.45, 2.75) is 44.7 Å². The Hall–Kier alpha value is -2.40. The average Bonchev–Trinajstić information content (AvgIpc) is 3.39. The van der Waals surface area contributed by atoms with Gasteiger partial charge >= 0.3 is 11.9 Å². The third kappa shape index (κ3) is 4.84. The normalized spacial score (nSPS) is 13.2. The molecule has 1 N–H and O–H groups in total. The Labute approximate surface area is 182 Å². The molecule has 1 saturated carbocycles. The third-order valence-corrected chi connectivity index (χ3v) is 6.69. The molecule has 0 aliphatic heterocycles. The minimum absolute atomic E-state index is 0.0879. The number of thiophene rings is 1. The molecule has 1 aliphatic rings. The lowest BCUT2D eigenvalue weighted by Gasteiger charge is -2.07. The van der Waals surface area contributed by atoms with Gasteiger partial charge in [-0.3, -0.25) is 4.79 Å². The molecule has 11 heteroatoms. The van der Waals surface area contributed by atoms with Gasteiger partial charge in [0.2, 0.25) is 5.91 Å². The van der Waals surface area contributed by atoms with Crippen LogP contribution in [0.2, 0.25) is 0 Å². The lowest BCUT2D eigenvalue weighted by atomic mass is 10.1. The van der Waals surface area contributed by atoms with Gasteiger partial charge in [0.15, 0.2) is 5.16 Å². The van der Waals surface area contributed by atoms with Gasteiger partial charge in [0, 0.05) is 13.0 Å². The Morgan fingerprint density at radius 2 is 1.83 bits per heavy atom. The van der Waals surface area contributed by atoms with Gasteiger partial charge < -0.3 is 19.4 Å². The molecule has 0 bridgehead atoms. The molecule has 9 nitrogen and oxygen atoms in total. The fraction of sp³-hybridized carbons (Fsp3) is 0.526. The number of hydrogen-bond acceptors (Lipinski definition) is 9. The van der Waals surface area contributed by atoms with Crippen molar-refractivity contribution < 1.29 is 23.9 Å². The van der Waals surface area contributed by atoms with Gasteiger partial charge in [0.1, 0.15) is 15.7 Å². The van der Waals surface area contributed by atoms with Gasteiger partial charge in [-0.05, 0) is 39.2 Å². The lowest BCUT2D eigenvalue weighted by molar-refractivity contribution is -0.113. The molecule has 0 saturated heterocycles. The summed E-state index contributed by atoms with van der Waals surface area (Å²) in [5.74, 6) is 0.0472. The van der Waals surface area contributed by atoms with Crippen molar-refractivity contribution in [3.8, 4) is 0 Å². The van der Waals surface area contributed by atoms with Crippen molar-refractivity contribution >= 4 is 45.9 Å². The van der Waals surface area contributed by atoms with E-state index in [1.807, 2.05) is 11.6 Å². The SMILES string of the molecule is CCOC(=O)c1sc(NC(=O)CSc2nnc(C3CC3)n2C)c(C(=O)OCC)c1C. The van der Waals surface area contributed by atoms with Crippen LogP contribution in [0, 0.1) is 6.92 Å². The van der Waals surface area contributed by atoms with E-state index in [4.69, 9.17) is 9.47 Å². The van der Waals surface area contributed by atoms with Crippen LogP contribution in [0.15, 0.2) is 5.16 Å². The highest BCUT2D eigenvalue weighted by atomic mass is 32.2. The summed E-state index contributed by atoms with van der Waals surface area (Å²) >= 11 is 2.27. The molecule has 2 aromatic heterocycles. The first-order chi connectivity index (χ1) is 14.4. The lowest BCUT2D eigenvalue weighted by Crippen LogP contribution is -2.16. The molecular weight excluding hydrogens is 428 g/mol. The van der Waals surface area contributed by atoms with Crippen LogP contribution < -0.4 is 5.32 Å². The van der Waals surface area contributed by atoms with Crippen LogP contribution in [0.3, 0.4) is 0 Å². The zero-order chi connectivity index (χ0) is 21.8. The van der Waals surface area contributed by atoms with Crippen molar-refractivity contribution in [2.75, 3.05) is 24.3 Å². The molecule has 1 aliphatic carbocycles. The van der Waals surface area contributed by atoms with Gasteiger partial charge in [-0.15, -0.1) is 21.5 Å². The van der Waals surface area contributed by atoms with E-state index in [9.17, 15) is 14.4 Å². The molecule has 0 unspecified atom stereocenters. The van der Waals surface area contributed by atoms with E-state index in [0.717, 1.165) is 30.0 Å². The van der Waals surface area contributed by atoms with E-state index in [1.165, 1.54) is 11.8 Å². The van der Waals surface area contributed by atoms with Gasteiger partial charge in [-0.1, -0.05) is 11.8 Å². The minimum Gasteiger partial charge on any atom is -0.462 e. The van der Waals surface area contributed by atoms with Gasteiger partial charge in [-0.25, -0.2) is 9.59 Å². The highest BCUT2D eigenvalue weighted by Crippen LogP contribution is 2.39. The maximum Gasteiger partial charge on any atom is 0.348 e. The number of ether oxygens (including phenoxy) is 2. The van der Waals surface area contributed by atoms with E-state index >= 15 is 0 Å². The van der Waals surface area contributed by atoms with Crippen molar-refractivity contribution in [3.63, 3.8) is 0 Å². The number of amides is 1. The molecule has 0 atom stereocenters. The van der Waals surface area contributed by atoms with Crippen molar-refractivity contribution in [1.29, 1.82) is 0 Å². The Morgan fingerprint density at radius 1 is 1.17 bits per heavy atom. The van der Waals surface area contributed by atoms with Crippen molar-refractivity contribution in [2.24, 2.45) is 7.05 Å². The first-order valence-corrected chi connectivity index (χ1v) is 11.5. The minimum atomic E-state index is -0.591. The maximum absolute atomic E-state index is 12.5. The second-order valence-corrected chi connectivity index (χ2v) is 8.68. The highest BCUT2D eigenvalue weighted by molar-refractivity contribution is 7.99. The van der Waals surface area contributed by atoms with Crippen molar-refractivity contribution in [3.05, 3.63) is 21.8 Å². The summed E-state index contributed by atoms with van der Waals surface area (Å²) in [5, 5.41) is 12.0. The molecule has 0 aromatic carbocycles. The van der Waals surface area contributed by atoms with Crippen molar-refractivity contribution in [1.82, 2.24) is 14.8 Å². The molecule has 0 radical (unpaired) electrons.